The molecule has 20 heavy (non-hydrogen) atoms. The van der Waals surface area contributed by atoms with E-state index in [-0.39, 0.29) is 0 Å². The number of methoxy groups -OCH3 is 1. The van der Waals surface area contributed by atoms with Gasteiger partial charge < -0.3 is 15.4 Å². The Bertz CT molecular complexity index is 550. The molecule has 0 saturated carbocycles. The van der Waals surface area contributed by atoms with Gasteiger partial charge in [0.2, 0.25) is 5.95 Å². The lowest BCUT2D eigenvalue weighted by molar-refractivity contribution is 0.198. The number of nitrogens with zero attached hydrogens (tertiary/aromatic N) is 2. The summed E-state index contributed by atoms with van der Waals surface area (Å²) in [4.78, 5) is 8.56. The fourth-order valence-corrected chi connectivity index (χ4v) is 1.84. The number of nitrogens with one attached hydrogen (secondary N) is 2. The molecule has 2 rings (SSSR count). The number of anilines is 3. The summed E-state index contributed by atoms with van der Waals surface area (Å²) >= 11 is 5.94. The monoisotopic (exact) mass is 292 g/mol. The van der Waals surface area contributed by atoms with Gasteiger partial charge in [0.25, 0.3) is 0 Å². The number of ether oxygens (including phenoxy) is 1. The van der Waals surface area contributed by atoms with Crippen molar-refractivity contribution in [3.8, 4) is 0 Å². The molecule has 0 amide bonds. The van der Waals surface area contributed by atoms with Gasteiger partial charge in [-0.05, 0) is 30.7 Å². The molecule has 6 heteroatoms. The molecule has 0 radical (unpaired) electrons. The van der Waals surface area contributed by atoms with E-state index < -0.39 is 0 Å². The number of hydrogen-bond acceptors (Lipinski definition) is 5. The first kappa shape index (κ1) is 14.6. The van der Waals surface area contributed by atoms with Crippen LogP contribution in [0.1, 0.15) is 6.42 Å². The van der Waals surface area contributed by atoms with E-state index in [1.165, 1.54) is 0 Å². The Morgan fingerprint density at radius 1 is 1.30 bits per heavy atom. The van der Waals surface area contributed by atoms with Gasteiger partial charge in [0, 0.05) is 37.2 Å². The molecule has 0 aliphatic heterocycles. The summed E-state index contributed by atoms with van der Waals surface area (Å²) < 4.78 is 5.00. The van der Waals surface area contributed by atoms with Gasteiger partial charge in [-0.3, -0.25) is 0 Å². The van der Waals surface area contributed by atoms with Crippen LogP contribution in [0.2, 0.25) is 5.02 Å². The van der Waals surface area contributed by atoms with Crippen molar-refractivity contribution >= 4 is 29.1 Å². The van der Waals surface area contributed by atoms with Crippen molar-refractivity contribution in [3.63, 3.8) is 0 Å². The molecule has 0 fully saturated rings. The predicted molar refractivity (Wildman–Crippen MR) is 81.7 cm³/mol. The van der Waals surface area contributed by atoms with Gasteiger partial charge in [-0.2, -0.15) is 4.98 Å². The summed E-state index contributed by atoms with van der Waals surface area (Å²) in [6.45, 7) is 1.53. The highest BCUT2D eigenvalue weighted by Gasteiger charge is 2.00. The van der Waals surface area contributed by atoms with E-state index in [1.54, 1.807) is 13.3 Å². The first-order valence-corrected chi connectivity index (χ1v) is 6.74. The molecule has 1 aromatic heterocycles. The average molecular weight is 293 g/mol. The summed E-state index contributed by atoms with van der Waals surface area (Å²) in [5, 5.41) is 7.01. The highest BCUT2D eigenvalue weighted by atomic mass is 35.5. The number of rotatable bonds is 7. The molecular weight excluding hydrogens is 276 g/mol. The van der Waals surface area contributed by atoms with Crippen LogP contribution in [0.15, 0.2) is 36.5 Å². The second kappa shape index (κ2) is 7.67. The van der Waals surface area contributed by atoms with Crippen LogP contribution in [0.4, 0.5) is 17.5 Å². The zero-order valence-corrected chi connectivity index (χ0v) is 12.0. The van der Waals surface area contributed by atoms with E-state index >= 15 is 0 Å². The third-order valence-corrected chi connectivity index (χ3v) is 2.80. The molecule has 0 unspecified atom stereocenters. The van der Waals surface area contributed by atoms with E-state index in [1.807, 2.05) is 30.3 Å². The Balaban J connectivity index is 1.95. The third kappa shape index (κ3) is 4.68. The van der Waals surface area contributed by atoms with Gasteiger partial charge >= 0.3 is 0 Å². The lowest BCUT2D eigenvalue weighted by atomic mass is 10.3. The Morgan fingerprint density at radius 2 is 2.20 bits per heavy atom. The molecule has 0 bridgehead atoms. The quantitative estimate of drug-likeness (QED) is 0.767. The van der Waals surface area contributed by atoms with Crippen LogP contribution in [0.25, 0.3) is 0 Å². The highest BCUT2D eigenvalue weighted by molar-refractivity contribution is 6.30. The molecular formula is C14H17ClN4O. The average Bonchev–Trinajstić information content (AvgIpc) is 2.44. The summed E-state index contributed by atoms with van der Waals surface area (Å²) in [6.07, 6.45) is 2.64. The van der Waals surface area contributed by atoms with Crippen molar-refractivity contribution in [3.05, 3.63) is 41.6 Å². The van der Waals surface area contributed by atoms with Gasteiger partial charge in [-0.25, -0.2) is 4.98 Å². The second-order valence-electron chi connectivity index (χ2n) is 4.17. The fraction of sp³-hybridized carbons (Fsp3) is 0.286. The molecule has 5 nitrogen and oxygen atoms in total. The van der Waals surface area contributed by atoms with Crippen molar-refractivity contribution in [2.45, 2.75) is 6.42 Å². The minimum Gasteiger partial charge on any atom is -0.385 e. The Kier molecular flexibility index (Phi) is 5.58. The fourth-order valence-electron chi connectivity index (χ4n) is 1.65. The topological polar surface area (TPSA) is 59.1 Å². The van der Waals surface area contributed by atoms with Crippen molar-refractivity contribution in [1.29, 1.82) is 0 Å². The molecule has 0 aliphatic rings. The lowest BCUT2D eigenvalue weighted by Gasteiger charge is -2.08. The number of halogens is 1. The van der Waals surface area contributed by atoms with Crippen LogP contribution >= 0.6 is 11.6 Å². The third-order valence-electron chi connectivity index (χ3n) is 2.57. The normalized spacial score (nSPS) is 10.3. The smallest absolute Gasteiger partial charge is 0.229 e. The van der Waals surface area contributed by atoms with Crippen LogP contribution in [-0.4, -0.2) is 30.2 Å². The van der Waals surface area contributed by atoms with E-state index in [4.69, 9.17) is 16.3 Å². The molecule has 0 aliphatic carbocycles. The van der Waals surface area contributed by atoms with Crippen LogP contribution in [-0.2, 0) is 4.74 Å². The van der Waals surface area contributed by atoms with Crippen LogP contribution < -0.4 is 10.6 Å². The van der Waals surface area contributed by atoms with E-state index in [0.717, 1.165) is 31.1 Å². The lowest BCUT2D eigenvalue weighted by Crippen LogP contribution is -2.07. The van der Waals surface area contributed by atoms with Gasteiger partial charge in [0.05, 0.1) is 0 Å². The zero-order chi connectivity index (χ0) is 14.2. The molecule has 1 heterocycles. The van der Waals surface area contributed by atoms with Gasteiger partial charge in [-0.15, -0.1) is 0 Å². The minimum absolute atomic E-state index is 0.531. The Labute approximate surface area is 123 Å². The van der Waals surface area contributed by atoms with E-state index in [9.17, 15) is 0 Å². The molecule has 0 spiro atoms. The second-order valence-corrected chi connectivity index (χ2v) is 4.61. The maximum Gasteiger partial charge on any atom is 0.229 e. The van der Waals surface area contributed by atoms with Crippen LogP contribution in [0, 0.1) is 0 Å². The number of aromatic nitrogens is 2. The standard InChI is InChI=1S/C14H17ClN4O/c1-20-9-3-7-16-13-6-8-17-14(19-13)18-12-5-2-4-11(15)10-12/h2,4-6,8,10H,3,7,9H2,1H3,(H2,16,17,18,19). The highest BCUT2D eigenvalue weighted by Crippen LogP contribution is 2.18. The maximum absolute atomic E-state index is 5.94. The predicted octanol–water partition coefficient (Wildman–Crippen LogP) is 3.32. The molecule has 0 saturated heterocycles. The Morgan fingerprint density at radius 3 is 3.00 bits per heavy atom. The van der Waals surface area contributed by atoms with Gasteiger partial charge in [-0.1, -0.05) is 17.7 Å². The summed E-state index contributed by atoms with van der Waals surface area (Å²) in [5.74, 6) is 1.31. The van der Waals surface area contributed by atoms with Crippen molar-refractivity contribution in [1.82, 2.24) is 9.97 Å². The molecule has 1 aromatic carbocycles. The summed E-state index contributed by atoms with van der Waals surface area (Å²) in [5.41, 5.74) is 0.856. The molecule has 106 valence electrons. The summed E-state index contributed by atoms with van der Waals surface area (Å²) in [7, 11) is 1.69. The SMILES string of the molecule is COCCCNc1ccnc(Nc2cccc(Cl)c2)n1. The largest absolute Gasteiger partial charge is 0.385 e. The molecule has 2 aromatic rings. The van der Waals surface area contributed by atoms with E-state index in [2.05, 4.69) is 20.6 Å². The first-order chi connectivity index (χ1) is 9.78. The molecule has 0 atom stereocenters. The minimum atomic E-state index is 0.531. The van der Waals surface area contributed by atoms with Crippen molar-refractivity contribution in [2.75, 3.05) is 30.9 Å². The van der Waals surface area contributed by atoms with Crippen molar-refractivity contribution in [2.24, 2.45) is 0 Å². The van der Waals surface area contributed by atoms with Gasteiger partial charge in [0.1, 0.15) is 5.82 Å². The Hall–Kier alpha value is -1.85. The molecule has 2 N–H and O–H groups in total. The number of benzene rings is 1. The first-order valence-electron chi connectivity index (χ1n) is 6.36. The van der Waals surface area contributed by atoms with Crippen molar-refractivity contribution < 1.29 is 4.74 Å². The number of hydrogen-bond donors (Lipinski definition) is 2. The maximum atomic E-state index is 5.94. The van der Waals surface area contributed by atoms with Crippen LogP contribution in [0.3, 0.4) is 0 Å². The van der Waals surface area contributed by atoms with E-state index in [0.29, 0.717) is 11.0 Å². The summed E-state index contributed by atoms with van der Waals surface area (Å²) in [6, 6.07) is 9.26. The van der Waals surface area contributed by atoms with Crippen LogP contribution in [0.5, 0.6) is 0 Å². The van der Waals surface area contributed by atoms with Gasteiger partial charge in [0.15, 0.2) is 0 Å². The zero-order valence-electron chi connectivity index (χ0n) is 11.3.